The first-order valence-corrected chi connectivity index (χ1v) is 7.64. The van der Waals surface area contributed by atoms with Gasteiger partial charge >= 0.3 is 0 Å². The van der Waals surface area contributed by atoms with Gasteiger partial charge in [0.2, 0.25) is 0 Å². The maximum absolute atomic E-state index is 9.56. The highest BCUT2D eigenvalue weighted by atomic mass is 16.5. The summed E-state index contributed by atoms with van der Waals surface area (Å²) in [4.78, 5) is 0. The molecule has 0 fully saturated rings. The van der Waals surface area contributed by atoms with E-state index in [9.17, 15) is 5.11 Å². The number of hydrogen-bond acceptors (Lipinski definition) is 3. The van der Waals surface area contributed by atoms with Crippen LogP contribution in [-0.4, -0.2) is 30.9 Å². The maximum atomic E-state index is 9.56. The predicted molar refractivity (Wildman–Crippen MR) is 88.9 cm³/mol. The van der Waals surface area contributed by atoms with E-state index in [1.54, 1.807) is 0 Å². The molecule has 0 saturated heterocycles. The van der Waals surface area contributed by atoms with Crippen LogP contribution in [0.25, 0.3) is 6.08 Å². The molecule has 1 atom stereocenters. The molecular weight excluding hydrogens is 274 g/mol. The number of benzene rings is 2. The van der Waals surface area contributed by atoms with Crippen molar-refractivity contribution in [3.63, 3.8) is 0 Å². The minimum absolute atomic E-state index is 0.0560. The van der Waals surface area contributed by atoms with Crippen molar-refractivity contribution in [2.24, 2.45) is 0 Å². The molecule has 3 rings (SSSR count). The molecular formula is C19H21NO2. The Labute approximate surface area is 131 Å². The van der Waals surface area contributed by atoms with Crippen LogP contribution >= 0.6 is 0 Å². The first-order valence-electron chi connectivity index (χ1n) is 7.64. The summed E-state index contributed by atoms with van der Waals surface area (Å²) in [6.45, 7) is 1.46. The fourth-order valence-corrected chi connectivity index (χ4v) is 2.64. The summed E-state index contributed by atoms with van der Waals surface area (Å²) in [7, 11) is 0. The lowest BCUT2D eigenvalue weighted by molar-refractivity contribution is 0.242. The van der Waals surface area contributed by atoms with E-state index in [1.807, 2.05) is 36.4 Å². The Morgan fingerprint density at radius 1 is 1.05 bits per heavy atom. The Kier molecular flexibility index (Phi) is 4.88. The van der Waals surface area contributed by atoms with E-state index in [0.717, 1.165) is 24.3 Å². The van der Waals surface area contributed by atoms with Gasteiger partial charge in [0.25, 0.3) is 0 Å². The molecule has 3 nitrogen and oxygen atoms in total. The van der Waals surface area contributed by atoms with Crippen LogP contribution in [0.3, 0.4) is 0 Å². The van der Waals surface area contributed by atoms with Gasteiger partial charge in [-0.15, -0.1) is 0 Å². The molecule has 2 aromatic rings. The van der Waals surface area contributed by atoms with E-state index in [0.29, 0.717) is 6.61 Å². The summed E-state index contributed by atoms with van der Waals surface area (Å²) in [5.74, 6) is 0.939. The van der Waals surface area contributed by atoms with Crippen molar-refractivity contribution in [3.8, 4) is 5.75 Å². The SMILES string of the molecule is OC[C@@H](Cc1ccccc1)NCC1=Cc2ccccc2OC1. The standard InChI is InChI=1S/C19H21NO2/c21-13-18(11-15-6-2-1-3-7-15)20-12-16-10-17-8-4-5-9-19(17)22-14-16/h1-10,18,20-21H,11-14H2/t18-/m1/s1. The lowest BCUT2D eigenvalue weighted by Crippen LogP contribution is -2.36. The summed E-state index contributed by atoms with van der Waals surface area (Å²) in [6.07, 6.45) is 2.99. The van der Waals surface area contributed by atoms with E-state index in [1.165, 1.54) is 11.1 Å². The van der Waals surface area contributed by atoms with Gasteiger partial charge in [0.05, 0.1) is 6.61 Å². The zero-order valence-electron chi connectivity index (χ0n) is 12.5. The number of fused-ring (bicyclic) bond motifs is 1. The number of aliphatic hydroxyl groups excluding tert-OH is 1. The van der Waals surface area contributed by atoms with Crippen LogP contribution < -0.4 is 10.1 Å². The molecule has 0 spiro atoms. The molecule has 0 unspecified atom stereocenters. The molecule has 0 radical (unpaired) electrons. The summed E-state index contributed by atoms with van der Waals surface area (Å²) < 4.78 is 5.75. The Bertz CT molecular complexity index is 637. The van der Waals surface area contributed by atoms with Gasteiger partial charge in [0.1, 0.15) is 12.4 Å². The van der Waals surface area contributed by atoms with Crippen molar-refractivity contribution >= 4 is 6.08 Å². The zero-order valence-corrected chi connectivity index (χ0v) is 12.5. The third-order valence-corrected chi connectivity index (χ3v) is 3.85. The summed E-state index contributed by atoms with van der Waals surface area (Å²) in [6, 6.07) is 18.3. The minimum Gasteiger partial charge on any atom is -0.489 e. The quantitative estimate of drug-likeness (QED) is 0.861. The molecule has 22 heavy (non-hydrogen) atoms. The Morgan fingerprint density at radius 2 is 1.82 bits per heavy atom. The summed E-state index contributed by atoms with van der Waals surface area (Å²) in [5, 5.41) is 13.0. The minimum atomic E-state index is 0.0560. The van der Waals surface area contributed by atoms with Crippen molar-refractivity contribution < 1.29 is 9.84 Å². The molecule has 0 saturated carbocycles. The van der Waals surface area contributed by atoms with Gasteiger partial charge in [-0.2, -0.15) is 0 Å². The molecule has 3 heteroatoms. The predicted octanol–water partition coefficient (Wildman–Crippen LogP) is 2.66. The third-order valence-electron chi connectivity index (χ3n) is 3.85. The third kappa shape index (κ3) is 3.75. The number of hydrogen-bond donors (Lipinski definition) is 2. The Balaban J connectivity index is 1.58. The van der Waals surface area contributed by atoms with Crippen LogP contribution in [0.15, 0.2) is 60.2 Å². The second kappa shape index (κ2) is 7.25. The van der Waals surface area contributed by atoms with Gasteiger partial charge in [0, 0.05) is 18.2 Å². The van der Waals surface area contributed by atoms with E-state index in [4.69, 9.17) is 4.74 Å². The van der Waals surface area contributed by atoms with Crippen LogP contribution in [0.4, 0.5) is 0 Å². The molecule has 114 valence electrons. The van der Waals surface area contributed by atoms with Crippen LogP contribution in [-0.2, 0) is 6.42 Å². The number of aliphatic hydroxyl groups is 1. The highest BCUT2D eigenvalue weighted by Gasteiger charge is 2.13. The number of rotatable bonds is 6. The van der Waals surface area contributed by atoms with Crippen LogP contribution in [0.2, 0.25) is 0 Å². The van der Waals surface area contributed by atoms with Gasteiger partial charge in [-0.05, 0) is 29.7 Å². The first kappa shape index (κ1) is 14.8. The van der Waals surface area contributed by atoms with Crippen LogP contribution in [0.5, 0.6) is 5.75 Å². The lowest BCUT2D eigenvalue weighted by Gasteiger charge is -2.21. The normalized spacial score (nSPS) is 14.7. The molecule has 0 aromatic heterocycles. The largest absolute Gasteiger partial charge is 0.489 e. The number of nitrogens with one attached hydrogen (secondary N) is 1. The highest BCUT2D eigenvalue weighted by Crippen LogP contribution is 2.25. The van der Waals surface area contributed by atoms with Crippen LogP contribution in [0.1, 0.15) is 11.1 Å². The topological polar surface area (TPSA) is 41.5 Å². The maximum Gasteiger partial charge on any atom is 0.127 e. The zero-order chi connectivity index (χ0) is 15.2. The van der Waals surface area contributed by atoms with Crippen molar-refractivity contribution in [2.45, 2.75) is 12.5 Å². The average Bonchev–Trinajstić information content (AvgIpc) is 2.59. The van der Waals surface area contributed by atoms with Crippen molar-refractivity contribution in [1.82, 2.24) is 5.32 Å². The molecule has 1 heterocycles. The van der Waals surface area contributed by atoms with Crippen LogP contribution in [0, 0.1) is 0 Å². The van der Waals surface area contributed by atoms with Gasteiger partial charge in [-0.25, -0.2) is 0 Å². The van der Waals surface area contributed by atoms with Gasteiger partial charge < -0.3 is 15.2 Å². The average molecular weight is 295 g/mol. The second-order valence-electron chi connectivity index (χ2n) is 5.58. The molecule has 2 aromatic carbocycles. The highest BCUT2D eigenvalue weighted by molar-refractivity contribution is 5.62. The molecule has 0 aliphatic carbocycles. The molecule has 0 bridgehead atoms. The fourth-order valence-electron chi connectivity index (χ4n) is 2.64. The van der Waals surface area contributed by atoms with E-state index < -0.39 is 0 Å². The number of ether oxygens (including phenoxy) is 1. The Hall–Kier alpha value is -2.10. The summed E-state index contributed by atoms with van der Waals surface area (Å²) in [5.41, 5.74) is 3.55. The smallest absolute Gasteiger partial charge is 0.127 e. The molecule has 2 N–H and O–H groups in total. The van der Waals surface area contributed by atoms with Crippen molar-refractivity contribution in [1.29, 1.82) is 0 Å². The van der Waals surface area contributed by atoms with E-state index in [-0.39, 0.29) is 12.6 Å². The fraction of sp³-hybridized carbons (Fsp3) is 0.263. The van der Waals surface area contributed by atoms with Gasteiger partial charge in [-0.3, -0.25) is 0 Å². The Morgan fingerprint density at radius 3 is 2.64 bits per heavy atom. The van der Waals surface area contributed by atoms with Crippen molar-refractivity contribution in [2.75, 3.05) is 19.8 Å². The number of para-hydroxylation sites is 1. The van der Waals surface area contributed by atoms with E-state index in [2.05, 4.69) is 29.6 Å². The molecule has 0 amide bonds. The van der Waals surface area contributed by atoms with Crippen molar-refractivity contribution in [3.05, 3.63) is 71.3 Å². The molecule has 1 aliphatic rings. The lowest BCUT2D eigenvalue weighted by atomic mass is 10.0. The van der Waals surface area contributed by atoms with Gasteiger partial charge in [0.15, 0.2) is 0 Å². The monoisotopic (exact) mass is 295 g/mol. The van der Waals surface area contributed by atoms with Gasteiger partial charge in [-0.1, -0.05) is 48.5 Å². The summed E-state index contributed by atoms with van der Waals surface area (Å²) >= 11 is 0. The first-order chi connectivity index (χ1) is 10.8. The van der Waals surface area contributed by atoms with E-state index >= 15 is 0 Å². The second-order valence-corrected chi connectivity index (χ2v) is 5.58. The molecule has 1 aliphatic heterocycles.